The van der Waals surface area contributed by atoms with E-state index in [1.165, 1.54) is 12.1 Å². The quantitative estimate of drug-likeness (QED) is 0.807. The Labute approximate surface area is 108 Å². The summed E-state index contributed by atoms with van der Waals surface area (Å²) in [4.78, 5) is 2.03. The van der Waals surface area contributed by atoms with Crippen LogP contribution in [0.3, 0.4) is 0 Å². The predicted octanol–water partition coefficient (Wildman–Crippen LogP) is 2.64. The molecular weight excluding hydrogens is 234 g/mol. The zero-order valence-corrected chi connectivity index (χ0v) is 11.3. The Balaban J connectivity index is 2.58. The largest absolute Gasteiger partial charge is 0.319 e. The maximum Gasteiger partial charge on any atom is 0.127 e. The van der Waals surface area contributed by atoms with Gasteiger partial charge in [-0.15, -0.1) is 0 Å². The first-order valence-electron chi connectivity index (χ1n) is 6.33. The van der Waals surface area contributed by atoms with Crippen LogP contribution in [0.15, 0.2) is 18.2 Å². The molecule has 1 atom stereocenters. The van der Waals surface area contributed by atoms with Gasteiger partial charge in [0.15, 0.2) is 0 Å². The maximum atomic E-state index is 13.5. The Bertz CT molecular complexity index is 369. The first kappa shape index (κ1) is 15.1. The van der Waals surface area contributed by atoms with Crippen molar-refractivity contribution in [2.75, 3.05) is 27.2 Å². The highest BCUT2D eigenvalue weighted by Crippen LogP contribution is 2.13. The summed E-state index contributed by atoms with van der Waals surface area (Å²) >= 11 is 0. The van der Waals surface area contributed by atoms with Crippen LogP contribution in [-0.2, 0) is 6.54 Å². The van der Waals surface area contributed by atoms with Crippen molar-refractivity contribution in [1.82, 2.24) is 10.2 Å². The van der Waals surface area contributed by atoms with Gasteiger partial charge in [0.25, 0.3) is 0 Å². The number of nitrogens with one attached hydrogen (secondary N) is 1. The van der Waals surface area contributed by atoms with Gasteiger partial charge in [-0.05, 0) is 44.8 Å². The van der Waals surface area contributed by atoms with Crippen LogP contribution >= 0.6 is 0 Å². The second kappa shape index (κ2) is 7.44. The first-order chi connectivity index (χ1) is 8.56. The van der Waals surface area contributed by atoms with Crippen molar-refractivity contribution in [2.45, 2.75) is 19.9 Å². The molecule has 1 rings (SSSR count). The van der Waals surface area contributed by atoms with Gasteiger partial charge in [0.1, 0.15) is 11.6 Å². The number of rotatable bonds is 7. The van der Waals surface area contributed by atoms with Crippen LogP contribution in [0.25, 0.3) is 0 Å². The lowest BCUT2D eigenvalue weighted by Crippen LogP contribution is -2.31. The molecule has 0 aliphatic rings. The number of hydrogen-bond acceptors (Lipinski definition) is 2. The van der Waals surface area contributed by atoms with E-state index in [-0.39, 0.29) is 11.6 Å². The molecule has 0 bridgehead atoms. The summed E-state index contributed by atoms with van der Waals surface area (Å²) in [6.07, 6.45) is 1.07. The van der Waals surface area contributed by atoms with Crippen LogP contribution < -0.4 is 5.32 Å². The van der Waals surface area contributed by atoms with Crippen molar-refractivity contribution in [3.05, 3.63) is 35.4 Å². The smallest absolute Gasteiger partial charge is 0.127 e. The molecule has 1 unspecified atom stereocenters. The standard InChI is InChI=1S/C14H22F2N2/c1-4-11(8-17-2)9-18(3)10-12-7-13(15)5-6-14(12)16/h5-7,11,17H,4,8-10H2,1-3H3. The molecule has 1 N–H and O–H groups in total. The Hall–Kier alpha value is -1.00. The second-order valence-electron chi connectivity index (χ2n) is 4.76. The summed E-state index contributed by atoms with van der Waals surface area (Å²) < 4.78 is 26.5. The molecule has 1 aromatic rings. The molecule has 0 aromatic heterocycles. The average molecular weight is 256 g/mol. The minimum absolute atomic E-state index is 0.343. The van der Waals surface area contributed by atoms with Crippen molar-refractivity contribution in [1.29, 1.82) is 0 Å². The highest BCUT2D eigenvalue weighted by molar-refractivity contribution is 5.18. The van der Waals surface area contributed by atoms with Crippen LogP contribution in [-0.4, -0.2) is 32.1 Å². The van der Waals surface area contributed by atoms with Gasteiger partial charge in [-0.3, -0.25) is 0 Å². The zero-order chi connectivity index (χ0) is 13.5. The molecule has 4 heteroatoms. The van der Waals surface area contributed by atoms with Gasteiger partial charge in [-0.1, -0.05) is 13.3 Å². The monoisotopic (exact) mass is 256 g/mol. The molecule has 0 aliphatic carbocycles. The van der Waals surface area contributed by atoms with Gasteiger partial charge < -0.3 is 10.2 Å². The normalized spacial score (nSPS) is 13.0. The summed E-state index contributed by atoms with van der Waals surface area (Å²) in [5.74, 6) is -0.205. The zero-order valence-electron chi connectivity index (χ0n) is 11.3. The van der Waals surface area contributed by atoms with E-state index >= 15 is 0 Å². The molecule has 18 heavy (non-hydrogen) atoms. The summed E-state index contributed by atoms with van der Waals surface area (Å²) in [6.45, 7) is 4.38. The molecule has 0 spiro atoms. The van der Waals surface area contributed by atoms with Crippen LogP contribution in [0.1, 0.15) is 18.9 Å². The first-order valence-corrected chi connectivity index (χ1v) is 6.33. The van der Waals surface area contributed by atoms with Crippen molar-refractivity contribution in [3.63, 3.8) is 0 Å². The Morgan fingerprint density at radius 1 is 1.33 bits per heavy atom. The van der Waals surface area contributed by atoms with E-state index in [4.69, 9.17) is 0 Å². The van der Waals surface area contributed by atoms with Crippen LogP contribution in [0.4, 0.5) is 8.78 Å². The molecule has 1 aromatic carbocycles. The number of hydrogen-bond donors (Lipinski definition) is 1. The van der Waals surface area contributed by atoms with Crippen molar-refractivity contribution >= 4 is 0 Å². The molecular formula is C14H22F2N2. The highest BCUT2D eigenvalue weighted by atomic mass is 19.1. The molecule has 0 amide bonds. The fourth-order valence-electron chi connectivity index (χ4n) is 2.09. The number of halogens is 2. The van der Waals surface area contributed by atoms with Gasteiger partial charge in [0.2, 0.25) is 0 Å². The topological polar surface area (TPSA) is 15.3 Å². The molecule has 0 saturated heterocycles. The summed E-state index contributed by atoms with van der Waals surface area (Å²) in [5, 5.41) is 3.15. The van der Waals surface area contributed by atoms with Crippen molar-refractivity contribution in [2.24, 2.45) is 5.92 Å². The third-order valence-corrected chi connectivity index (χ3v) is 3.09. The van der Waals surface area contributed by atoms with E-state index in [9.17, 15) is 8.78 Å². The summed E-state index contributed by atoms with van der Waals surface area (Å²) in [6, 6.07) is 3.60. The van der Waals surface area contributed by atoms with Gasteiger partial charge in [-0.25, -0.2) is 8.78 Å². The molecule has 102 valence electrons. The van der Waals surface area contributed by atoms with E-state index in [0.29, 0.717) is 18.0 Å². The van der Waals surface area contributed by atoms with E-state index in [1.807, 2.05) is 19.0 Å². The van der Waals surface area contributed by atoms with E-state index < -0.39 is 0 Å². The van der Waals surface area contributed by atoms with Crippen LogP contribution in [0.2, 0.25) is 0 Å². The number of nitrogens with zero attached hydrogens (tertiary/aromatic N) is 1. The van der Waals surface area contributed by atoms with Gasteiger partial charge in [0.05, 0.1) is 0 Å². The molecule has 0 aliphatic heterocycles. The van der Waals surface area contributed by atoms with Gasteiger partial charge in [0, 0.05) is 18.7 Å². The Morgan fingerprint density at radius 2 is 2.06 bits per heavy atom. The average Bonchev–Trinajstić information content (AvgIpc) is 2.33. The predicted molar refractivity (Wildman–Crippen MR) is 70.4 cm³/mol. The van der Waals surface area contributed by atoms with Gasteiger partial charge in [-0.2, -0.15) is 0 Å². The summed E-state index contributed by atoms with van der Waals surface area (Å²) in [7, 11) is 3.86. The molecule has 0 heterocycles. The van der Waals surface area contributed by atoms with E-state index in [2.05, 4.69) is 12.2 Å². The lowest BCUT2D eigenvalue weighted by Gasteiger charge is -2.23. The second-order valence-corrected chi connectivity index (χ2v) is 4.76. The Kier molecular flexibility index (Phi) is 6.22. The molecule has 2 nitrogen and oxygen atoms in total. The third-order valence-electron chi connectivity index (χ3n) is 3.09. The lowest BCUT2D eigenvalue weighted by molar-refractivity contribution is 0.258. The van der Waals surface area contributed by atoms with Crippen molar-refractivity contribution in [3.8, 4) is 0 Å². The van der Waals surface area contributed by atoms with Crippen molar-refractivity contribution < 1.29 is 8.78 Å². The molecule has 0 saturated carbocycles. The van der Waals surface area contributed by atoms with Crippen LogP contribution in [0, 0.1) is 17.6 Å². The van der Waals surface area contributed by atoms with Crippen LogP contribution in [0.5, 0.6) is 0 Å². The number of benzene rings is 1. The Morgan fingerprint density at radius 3 is 2.67 bits per heavy atom. The third kappa shape index (κ3) is 4.70. The molecule has 0 fully saturated rings. The van der Waals surface area contributed by atoms with E-state index in [0.717, 1.165) is 25.6 Å². The maximum absolute atomic E-state index is 13.5. The SMILES string of the molecule is CCC(CNC)CN(C)Cc1cc(F)ccc1F. The van der Waals surface area contributed by atoms with Gasteiger partial charge >= 0.3 is 0 Å². The lowest BCUT2D eigenvalue weighted by atomic mass is 10.1. The van der Waals surface area contributed by atoms with E-state index in [1.54, 1.807) is 0 Å². The minimum atomic E-state index is -0.387. The fraction of sp³-hybridized carbons (Fsp3) is 0.571. The highest BCUT2D eigenvalue weighted by Gasteiger charge is 2.11. The minimum Gasteiger partial charge on any atom is -0.319 e. The fourth-order valence-corrected chi connectivity index (χ4v) is 2.09. The molecule has 0 radical (unpaired) electrons. The summed E-state index contributed by atoms with van der Waals surface area (Å²) in [5.41, 5.74) is 0.414.